The number of amides is 1. The summed E-state index contributed by atoms with van der Waals surface area (Å²) in [7, 11) is 0. The van der Waals surface area contributed by atoms with Gasteiger partial charge < -0.3 is 9.88 Å². The molecule has 0 atom stereocenters. The van der Waals surface area contributed by atoms with Crippen LogP contribution in [0, 0.1) is 0 Å². The van der Waals surface area contributed by atoms with Gasteiger partial charge in [-0.3, -0.25) is 4.79 Å². The van der Waals surface area contributed by atoms with Crippen LogP contribution in [0.4, 0.5) is 0 Å². The van der Waals surface area contributed by atoms with Gasteiger partial charge in [0.15, 0.2) is 11.0 Å². The first kappa shape index (κ1) is 21.0. The molecule has 1 aromatic heterocycles. The maximum atomic E-state index is 12.3. The van der Waals surface area contributed by atoms with Crippen LogP contribution in [0.15, 0.2) is 47.6 Å². The smallest absolute Gasteiger partial charge is 0.253 e. The van der Waals surface area contributed by atoms with Crippen LogP contribution >= 0.6 is 46.6 Å². The second-order valence-corrected chi connectivity index (χ2v) is 8.02. The van der Waals surface area contributed by atoms with Gasteiger partial charge in [0.05, 0.1) is 17.1 Å². The largest absolute Gasteiger partial charge is 0.345 e. The first-order valence-corrected chi connectivity index (χ1v) is 10.6. The number of halogens is 3. The zero-order chi connectivity index (χ0) is 20.1. The summed E-state index contributed by atoms with van der Waals surface area (Å²) >= 11 is 19.8. The SMILES string of the molecule is CCn1c(CNC(=O)c2ccccc2Cl)nnc1SCc1ccc(Cl)cc1Cl. The van der Waals surface area contributed by atoms with Crippen molar-refractivity contribution in [3.05, 3.63) is 74.5 Å². The number of carbonyl (C=O) groups is 1. The number of thioether (sulfide) groups is 1. The van der Waals surface area contributed by atoms with Crippen molar-refractivity contribution in [2.24, 2.45) is 0 Å². The van der Waals surface area contributed by atoms with Crippen LogP contribution < -0.4 is 5.32 Å². The van der Waals surface area contributed by atoms with E-state index in [-0.39, 0.29) is 12.5 Å². The van der Waals surface area contributed by atoms with Crippen molar-refractivity contribution in [2.45, 2.75) is 30.9 Å². The third-order valence-electron chi connectivity index (χ3n) is 4.01. The molecule has 0 unspecified atom stereocenters. The molecule has 3 rings (SSSR count). The molecule has 2 aromatic carbocycles. The van der Waals surface area contributed by atoms with Gasteiger partial charge in [-0.25, -0.2) is 0 Å². The molecule has 28 heavy (non-hydrogen) atoms. The first-order valence-electron chi connectivity index (χ1n) is 8.51. The Hall–Kier alpha value is -1.73. The van der Waals surface area contributed by atoms with Gasteiger partial charge in [-0.2, -0.15) is 0 Å². The van der Waals surface area contributed by atoms with Crippen LogP contribution in [0.5, 0.6) is 0 Å². The Morgan fingerprint density at radius 3 is 2.61 bits per heavy atom. The highest BCUT2D eigenvalue weighted by Crippen LogP contribution is 2.28. The zero-order valence-electron chi connectivity index (χ0n) is 15.0. The van der Waals surface area contributed by atoms with Crippen molar-refractivity contribution >= 4 is 52.5 Å². The van der Waals surface area contributed by atoms with E-state index in [1.54, 1.807) is 30.3 Å². The van der Waals surface area contributed by atoms with Crippen molar-refractivity contribution in [1.82, 2.24) is 20.1 Å². The van der Waals surface area contributed by atoms with Crippen LogP contribution in [0.2, 0.25) is 15.1 Å². The van der Waals surface area contributed by atoms with Crippen LogP contribution in [-0.4, -0.2) is 20.7 Å². The Kier molecular flexibility index (Phi) is 7.24. The lowest BCUT2D eigenvalue weighted by atomic mass is 10.2. The van der Waals surface area contributed by atoms with Crippen molar-refractivity contribution in [3.8, 4) is 0 Å². The zero-order valence-corrected chi connectivity index (χ0v) is 18.0. The third kappa shape index (κ3) is 5.00. The van der Waals surface area contributed by atoms with Gasteiger partial charge in [0.1, 0.15) is 0 Å². The normalized spacial score (nSPS) is 10.9. The molecule has 0 saturated carbocycles. The van der Waals surface area contributed by atoms with E-state index in [1.165, 1.54) is 11.8 Å². The lowest BCUT2D eigenvalue weighted by Crippen LogP contribution is -2.25. The molecule has 1 N–H and O–H groups in total. The molecule has 0 aliphatic rings. The molecule has 9 heteroatoms. The Morgan fingerprint density at radius 2 is 1.89 bits per heavy atom. The van der Waals surface area contributed by atoms with Gasteiger partial charge in [0, 0.05) is 22.3 Å². The summed E-state index contributed by atoms with van der Waals surface area (Å²) in [5.74, 6) is 1.06. The summed E-state index contributed by atoms with van der Waals surface area (Å²) in [5, 5.41) is 13.7. The van der Waals surface area contributed by atoms with Gasteiger partial charge in [-0.15, -0.1) is 10.2 Å². The maximum absolute atomic E-state index is 12.3. The number of nitrogens with zero attached hydrogens (tertiary/aromatic N) is 3. The van der Waals surface area contributed by atoms with Crippen molar-refractivity contribution in [3.63, 3.8) is 0 Å². The van der Waals surface area contributed by atoms with Gasteiger partial charge in [-0.1, -0.05) is 64.8 Å². The Labute approximate surface area is 182 Å². The van der Waals surface area contributed by atoms with E-state index >= 15 is 0 Å². The van der Waals surface area contributed by atoms with Crippen molar-refractivity contribution < 1.29 is 4.79 Å². The molecule has 0 fully saturated rings. The number of hydrogen-bond acceptors (Lipinski definition) is 4. The van der Waals surface area contributed by atoms with Crippen LogP contribution in [0.1, 0.15) is 28.7 Å². The number of carbonyl (C=O) groups excluding carboxylic acids is 1. The van der Waals surface area contributed by atoms with Gasteiger partial charge in [0.25, 0.3) is 5.91 Å². The molecule has 3 aromatic rings. The highest BCUT2D eigenvalue weighted by Gasteiger charge is 2.15. The fourth-order valence-corrected chi connectivity index (χ4v) is 4.36. The van der Waals surface area contributed by atoms with Crippen LogP contribution in [0.25, 0.3) is 0 Å². The minimum atomic E-state index is -0.251. The van der Waals surface area contributed by atoms with Gasteiger partial charge in [0.2, 0.25) is 0 Å². The predicted octanol–water partition coefficient (Wildman–Crippen LogP) is 5.48. The number of hydrogen-bond donors (Lipinski definition) is 1. The number of nitrogens with one attached hydrogen (secondary N) is 1. The van der Waals surface area contributed by atoms with Gasteiger partial charge in [-0.05, 0) is 36.8 Å². The number of benzene rings is 2. The summed E-state index contributed by atoms with van der Waals surface area (Å²) in [6.07, 6.45) is 0. The molecule has 5 nitrogen and oxygen atoms in total. The standard InChI is InChI=1S/C19H17Cl3N4OS/c1-2-26-17(10-23-18(27)14-5-3-4-6-15(14)21)24-25-19(26)28-11-12-7-8-13(20)9-16(12)22/h3-9H,2,10-11H2,1H3,(H,23,27). The summed E-state index contributed by atoms with van der Waals surface area (Å²) in [4.78, 5) is 12.3. The molecule has 146 valence electrons. The highest BCUT2D eigenvalue weighted by atomic mass is 35.5. The first-order chi connectivity index (χ1) is 13.5. The highest BCUT2D eigenvalue weighted by molar-refractivity contribution is 7.98. The van der Waals surface area contributed by atoms with Crippen molar-refractivity contribution in [1.29, 1.82) is 0 Å². The molecule has 0 aliphatic carbocycles. The molecule has 1 amide bonds. The third-order valence-corrected chi connectivity index (χ3v) is 5.94. The van der Waals surface area contributed by atoms with Gasteiger partial charge >= 0.3 is 0 Å². The second-order valence-electron chi connectivity index (χ2n) is 5.83. The quantitative estimate of drug-likeness (QED) is 0.479. The molecule has 0 bridgehead atoms. The molecule has 0 spiro atoms. The lowest BCUT2D eigenvalue weighted by Gasteiger charge is -2.09. The van der Waals surface area contributed by atoms with Crippen molar-refractivity contribution in [2.75, 3.05) is 0 Å². The molecule has 0 saturated heterocycles. The Balaban J connectivity index is 1.66. The summed E-state index contributed by atoms with van der Waals surface area (Å²) in [5.41, 5.74) is 1.40. The molecular weight excluding hydrogens is 439 g/mol. The fraction of sp³-hybridized carbons (Fsp3) is 0.211. The number of aromatic nitrogens is 3. The summed E-state index contributed by atoms with van der Waals surface area (Å²) in [6.45, 7) is 2.94. The summed E-state index contributed by atoms with van der Waals surface area (Å²) < 4.78 is 1.96. The number of rotatable bonds is 7. The minimum absolute atomic E-state index is 0.251. The Bertz CT molecular complexity index is 993. The second kappa shape index (κ2) is 9.65. The predicted molar refractivity (Wildman–Crippen MR) is 114 cm³/mol. The topological polar surface area (TPSA) is 59.8 Å². The fourth-order valence-electron chi connectivity index (χ4n) is 2.56. The monoisotopic (exact) mass is 454 g/mol. The maximum Gasteiger partial charge on any atom is 0.253 e. The van der Waals surface area contributed by atoms with Crippen LogP contribution in [-0.2, 0) is 18.8 Å². The van der Waals surface area contributed by atoms with E-state index in [2.05, 4.69) is 15.5 Å². The van der Waals surface area contributed by atoms with E-state index in [0.29, 0.717) is 38.8 Å². The molecule has 1 heterocycles. The average Bonchev–Trinajstić information content (AvgIpc) is 3.07. The van der Waals surface area contributed by atoms with E-state index in [9.17, 15) is 4.79 Å². The minimum Gasteiger partial charge on any atom is -0.345 e. The Morgan fingerprint density at radius 1 is 1.11 bits per heavy atom. The van der Waals surface area contributed by atoms with E-state index in [4.69, 9.17) is 34.8 Å². The van der Waals surface area contributed by atoms with E-state index in [0.717, 1.165) is 10.7 Å². The van der Waals surface area contributed by atoms with E-state index in [1.807, 2.05) is 23.6 Å². The van der Waals surface area contributed by atoms with Crippen LogP contribution in [0.3, 0.4) is 0 Å². The summed E-state index contributed by atoms with van der Waals surface area (Å²) in [6, 6.07) is 12.3. The molecule has 0 radical (unpaired) electrons. The average molecular weight is 456 g/mol. The van der Waals surface area contributed by atoms with E-state index < -0.39 is 0 Å². The molecular formula is C19H17Cl3N4OS. The molecule has 0 aliphatic heterocycles. The lowest BCUT2D eigenvalue weighted by molar-refractivity contribution is 0.0949.